The molecule has 0 N–H and O–H groups in total. The number of rotatable bonds is 1. The van der Waals surface area contributed by atoms with Crippen LogP contribution in [0.15, 0.2) is 35.6 Å². The monoisotopic (exact) mass is 173 g/mol. The van der Waals surface area contributed by atoms with Crippen LogP contribution in [-0.4, -0.2) is 4.92 Å². The van der Waals surface area contributed by atoms with E-state index in [1.165, 1.54) is 6.08 Å². The summed E-state index contributed by atoms with van der Waals surface area (Å²) in [7, 11) is 0. The van der Waals surface area contributed by atoms with Gasteiger partial charge in [-0.15, -0.1) is 0 Å². The molecule has 0 heterocycles. The lowest BCUT2D eigenvalue weighted by Crippen LogP contribution is -1.94. The van der Waals surface area contributed by atoms with Crippen LogP contribution in [-0.2, 0) is 0 Å². The summed E-state index contributed by atoms with van der Waals surface area (Å²) in [4.78, 5) is 9.36. The van der Waals surface area contributed by atoms with Crippen LogP contribution < -0.4 is 0 Å². The zero-order valence-corrected chi connectivity index (χ0v) is 5.96. The van der Waals surface area contributed by atoms with Crippen LogP contribution >= 0.6 is 0 Å². The standard InChI is InChI=1S/C7H5F2NO2/c8-6-3-1-2-5(10(11)12)4-7(6)9/h1-2,4H,3H2. The summed E-state index contributed by atoms with van der Waals surface area (Å²) in [5, 5.41) is 10.1. The molecule has 0 aliphatic heterocycles. The van der Waals surface area contributed by atoms with Gasteiger partial charge in [0, 0.05) is 12.5 Å². The first-order valence-electron chi connectivity index (χ1n) is 3.18. The van der Waals surface area contributed by atoms with E-state index >= 15 is 0 Å². The van der Waals surface area contributed by atoms with E-state index in [0.717, 1.165) is 6.08 Å². The third kappa shape index (κ3) is 1.75. The van der Waals surface area contributed by atoms with Gasteiger partial charge in [0.25, 0.3) is 5.70 Å². The number of nitrogens with zero attached hydrogens (tertiary/aromatic N) is 1. The van der Waals surface area contributed by atoms with Gasteiger partial charge in [0.05, 0.1) is 11.0 Å². The summed E-state index contributed by atoms with van der Waals surface area (Å²) < 4.78 is 25.0. The van der Waals surface area contributed by atoms with Crippen molar-refractivity contribution in [1.82, 2.24) is 0 Å². The maximum atomic E-state index is 12.5. The second-order valence-corrected chi connectivity index (χ2v) is 2.19. The Hall–Kier alpha value is -1.52. The van der Waals surface area contributed by atoms with Crippen molar-refractivity contribution in [3.8, 4) is 0 Å². The molecule has 0 atom stereocenters. The number of halogens is 2. The molecule has 0 bridgehead atoms. The van der Waals surface area contributed by atoms with Crippen LogP contribution in [0.2, 0.25) is 0 Å². The van der Waals surface area contributed by atoms with Crippen molar-refractivity contribution in [3.05, 3.63) is 45.7 Å². The largest absolute Gasteiger partial charge is 0.272 e. The first kappa shape index (κ1) is 8.58. The van der Waals surface area contributed by atoms with E-state index in [9.17, 15) is 18.9 Å². The summed E-state index contributed by atoms with van der Waals surface area (Å²) >= 11 is 0. The quantitative estimate of drug-likeness (QED) is 0.450. The van der Waals surface area contributed by atoms with Crippen LogP contribution in [0.4, 0.5) is 8.78 Å². The predicted molar refractivity (Wildman–Crippen MR) is 38.1 cm³/mol. The van der Waals surface area contributed by atoms with Crippen LogP contribution in [0.25, 0.3) is 0 Å². The average Bonchev–Trinajstić information content (AvgIpc) is 2.15. The first-order chi connectivity index (χ1) is 5.61. The fourth-order valence-corrected chi connectivity index (χ4v) is 0.750. The molecule has 64 valence electrons. The van der Waals surface area contributed by atoms with Crippen LogP contribution in [0.3, 0.4) is 0 Å². The lowest BCUT2D eigenvalue weighted by atomic mass is 10.3. The molecule has 1 aliphatic rings. The minimum absolute atomic E-state index is 0.236. The minimum Gasteiger partial charge on any atom is -0.258 e. The Balaban J connectivity index is 3.04. The molecule has 0 saturated heterocycles. The van der Waals surface area contributed by atoms with Crippen LogP contribution in [0, 0.1) is 10.1 Å². The summed E-state index contributed by atoms with van der Waals surface area (Å²) in [5.41, 5.74) is -0.444. The van der Waals surface area contributed by atoms with Crippen LogP contribution in [0.1, 0.15) is 6.42 Å². The average molecular weight is 173 g/mol. The molecule has 0 radical (unpaired) electrons. The first-order valence-corrected chi connectivity index (χ1v) is 3.18. The Bertz CT molecular complexity index is 305. The molecule has 0 saturated carbocycles. The van der Waals surface area contributed by atoms with E-state index in [2.05, 4.69) is 0 Å². The minimum atomic E-state index is -1.17. The predicted octanol–water partition coefficient (Wildman–Crippen LogP) is 2.26. The summed E-state index contributed by atoms with van der Waals surface area (Å²) in [6.07, 6.45) is 2.61. The fourth-order valence-electron chi connectivity index (χ4n) is 0.750. The second-order valence-electron chi connectivity index (χ2n) is 2.19. The Labute approximate surface area is 66.8 Å². The van der Waals surface area contributed by atoms with Gasteiger partial charge in [-0.05, 0) is 0 Å². The number of hydrogen-bond acceptors (Lipinski definition) is 2. The molecule has 0 unspecified atom stereocenters. The number of hydrogen-bond donors (Lipinski definition) is 0. The number of nitro groups is 1. The van der Waals surface area contributed by atoms with Gasteiger partial charge in [-0.1, -0.05) is 6.08 Å². The van der Waals surface area contributed by atoms with Gasteiger partial charge < -0.3 is 0 Å². The maximum Gasteiger partial charge on any atom is 0.272 e. The molecule has 0 fully saturated rings. The van der Waals surface area contributed by atoms with Crippen molar-refractivity contribution in [1.29, 1.82) is 0 Å². The van der Waals surface area contributed by atoms with E-state index in [4.69, 9.17) is 0 Å². The molecule has 0 spiro atoms. The van der Waals surface area contributed by atoms with Gasteiger partial charge in [-0.3, -0.25) is 10.1 Å². The van der Waals surface area contributed by atoms with E-state index < -0.39 is 22.3 Å². The van der Waals surface area contributed by atoms with Gasteiger partial charge in [0.15, 0.2) is 5.83 Å². The highest BCUT2D eigenvalue weighted by Crippen LogP contribution is 2.19. The molecule has 12 heavy (non-hydrogen) atoms. The molecule has 0 amide bonds. The van der Waals surface area contributed by atoms with Gasteiger partial charge in [0.1, 0.15) is 5.83 Å². The molecule has 0 aromatic rings. The van der Waals surface area contributed by atoms with E-state index in [0.29, 0.717) is 6.08 Å². The van der Waals surface area contributed by atoms with Gasteiger partial charge in [-0.25, -0.2) is 8.78 Å². The van der Waals surface area contributed by atoms with E-state index in [-0.39, 0.29) is 6.42 Å². The SMILES string of the molecule is O=[N+]([O-])C1=CC(F)=C(F)CC=C1. The zero-order chi connectivity index (χ0) is 9.14. The topological polar surface area (TPSA) is 43.1 Å². The molecular formula is C7H5F2NO2. The Kier molecular flexibility index (Phi) is 2.32. The van der Waals surface area contributed by atoms with Crippen molar-refractivity contribution in [2.24, 2.45) is 0 Å². The van der Waals surface area contributed by atoms with Gasteiger partial charge in [0.2, 0.25) is 0 Å². The summed E-state index contributed by atoms with van der Waals surface area (Å²) in [6, 6.07) is 0. The molecule has 1 aliphatic carbocycles. The van der Waals surface area contributed by atoms with Crippen molar-refractivity contribution >= 4 is 0 Å². The van der Waals surface area contributed by atoms with Gasteiger partial charge >= 0.3 is 0 Å². The van der Waals surface area contributed by atoms with Crippen molar-refractivity contribution in [2.45, 2.75) is 6.42 Å². The van der Waals surface area contributed by atoms with Gasteiger partial charge in [-0.2, -0.15) is 0 Å². The number of allylic oxidation sites excluding steroid dienone is 5. The molecule has 0 aromatic heterocycles. The third-order valence-electron chi connectivity index (χ3n) is 1.33. The van der Waals surface area contributed by atoms with Crippen molar-refractivity contribution < 1.29 is 13.7 Å². The highest BCUT2D eigenvalue weighted by Gasteiger charge is 2.13. The normalized spacial score (nSPS) is 17.3. The van der Waals surface area contributed by atoms with E-state index in [1.54, 1.807) is 0 Å². The molecule has 3 nitrogen and oxygen atoms in total. The third-order valence-corrected chi connectivity index (χ3v) is 1.33. The van der Waals surface area contributed by atoms with Crippen LogP contribution in [0.5, 0.6) is 0 Å². The highest BCUT2D eigenvalue weighted by molar-refractivity contribution is 5.28. The molecular weight excluding hydrogens is 168 g/mol. The zero-order valence-electron chi connectivity index (χ0n) is 5.96. The molecule has 1 rings (SSSR count). The maximum absolute atomic E-state index is 12.5. The lowest BCUT2D eigenvalue weighted by molar-refractivity contribution is -0.419. The lowest BCUT2D eigenvalue weighted by Gasteiger charge is -1.88. The summed E-state index contributed by atoms with van der Waals surface area (Å²) in [6.45, 7) is 0. The summed E-state index contributed by atoms with van der Waals surface area (Å²) in [5.74, 6) is -2.16. The van der Waals surface area contributed by atoms with Crippen molar-refractivity contribution in [2.75, 3.05) is 0 Å². The Morgan fingerprint density at radius 2 is 2.17 bits per heavy atom. The molecule has 5 heteroatoms. The second kappa shape index (κ2) is 3.25. The molecule has 0 aromatic carbocycles. The Morgan fingerprint density at radius 3 is 2.75 bits per heavy atom. The fraction of sp³-hybridized carbons (Fsp3) is 0.143. The van der Waals surface area contributed by atoms with E-state index in [1.807, 2.05) is 0 Å². The van der Waals surface area contributed by atoms with Crippen molar-refractivity contribution in [3.63, 3.8) is 0 Å². The highest BCUT2D eigenvalue weighted by atomic mass is 19.2. The smallest absolute Gasteiger partial charge is 0.258 e. The Morgan fingerprint density at radius 1 is 1.50 bits per heavy atom.